The Balaban J connectivity index is 3.11. The van der Waals surface area contributed by atoms with E-state index in [1.807, 2.05) is 0 Å². The fraction of sp³-hybridized carbons (Fsp3) is 0.429. The Hall–Kier alpha value is -2.38. The number of aliphatic carboxylic acids is 1. The van der Waals surface area contributed by atoms with Crippen LogP contribution in [-0.4, -0.2) is 29.9 Å². The molecule has 1 aromatic rings. The second-order valence-electron chi connectivity index (χ2n) is 5.42. The van der Waals surface area contributed by atoms with E-state index in [0.29, 0.717) is 0 Å². The normalized spacial score (nSPS) is 11.7. The number of benzene rings is 1. The summed E-state index contributed by atoms with van der Waals surface area (Å²) in [5.41, 5.74) is -1.66. The van der Waals surface area contributed by atoms with Gasteiger partial charge in [0.1, 0.15) is 11.4 Å². The number of methoxy groups -OCH3 is 1. The Morgan fingerprint density at radius 2 is 1.82 bits per heavy atom. The van der Waals surface area contributed by atoms with Crippen molar-refractivity contribution in [3.63, 3.8) is 0 Å². The molecule has 6 nitrogen and oxygen atoms in total. The SMILES string of the molecule is COc1ccc(NC(=O)OC(C)(C)C)cc1C(F)(F)C(=O)O. The van der Waals surface area contributed by atoms with E-state index in [1.165, 1.54) is 6.07 Å². The Morgan fingerprint density at radius 1 is 1.23 bits per heavy atom. The lowest BCUT2D eigenvalue weighted by Crippen LogP contribution is -2.28. The van der Waals surface area contributed by atoms with Crippen molar-refractivity contribution in [3.8, 4) is 5.75 Å². The number of anilines is 1. The fourth-order valence-electron chi connectivity index (χ4n) is 1.57. The summed E-state index contributed by atoms with van der Waals surface area (Å²) in [6, 6.07) is 3.26. The van der Waals surface area contributed by atoms with Gasteiger partial charge in [-0.05, 0) is 39.0 Å². The van der Waals surface area contributed by atoms with Crippen molar-refractivity contribution in [1.82, 2.24) is 0 Å². The van der Waals surface area contributed by atoms with E-state index >= 15 is 0 Å². The number of carboxylic acids is 1. The zero-order valence-electron chi connectivity index (χ0n) is 12.6. The molecule has 1 rings (SSSR count). The average Bonchev–Trinajstić information content (AvgIpc) is 2.36. The highest BCUT2D eigenvalue weighted by atomic mass is 19.3. The van der Waals surface area contributed by atoms with Crippen molar-refractivity contribution >= 4 is 17.7 Å². The number of alkyl halides is 2. The predicted octanol–water partition coefficient (Wildman–Crippen LogP) is 3.22. The molecule has 0 aliphatic heterocycles. The summed E-state index contributed by atoms with van der Waals surface area (Å²) in [5, 5.41) is 10.9. The van der Waals surface area contributed by atoms with Crippen molar-refractivity contribution < 1.29 is 33.0 Å². The molecular weight excluding hydrogens is 300 g/mol. The van der Waals surface area contributed by atoms with Crippen LogP contribution >= 0.6 is 0 Å². The minimum atomic E-state index is -4.16. The number of carbonyl (C=O) groups excluding carboxylic acids is 1. The molecule has 0 spiro atoms. The number of amides is 1. The van der Waals surface area contributed by atoms with Gasteiger partial charge in [-0.15, -0.1) is 0 Å². The summed E-state index contributed by atoms with van der Waals surface area (Å²) in [5.74, 6) is -6.78. The van der Waals surface area contributed by atoms with Gasteiger partial charge in [-0.2, -0.15) is 8.78 Å². The molecule has 0 saturated carbocycles. The molecule has 0 atom stereocenters. The molecule has 0 fully saturated rings. The highest BCUT2D eigenvalue weighted by Crippen LogP contribution is 2.37. The van der Waals surface area contributed by atoms with Crippen LogP contribution in [0.2, 0.25) is 0 Å². The molecule has 1 amide bonds. The molecule has 0 heterocycles. The molecule has 1 aromatic carbocycles. The summed E-state index contributed by atoms with van der Waals surface area (Å²) >= 11 is 0. The maximum Gasteiger partial charge on any atom is 0.412 e. The lowest BCUT2D eigenvalue weighted by molar-refractivity contribution is -0.166. The highest BCUT2D eigenvalue weighted by Gasteiger charge is 2.43. The van der Waals surface area contributed by atoms with Crippen LogP contribution in [0.25, 0.3) is 0 Å². The largest absolute Gasteiger partial charge is 0.496 e. The molecule has 122 valence electrons. The monoisotopic (exact) mass is 317 g/mol. The van der Waals surface area contributed by atoms with Crippen molar-refractivity contribution in [2.45, 2.75) is 32.3 Å². The maximum atomic E-state index is 13.7. The standard InChI is InChI=1S/C14H17F2NO5/c1-13(2,3)22-12(20)17-8-5-6-10(21-4)9(7-8)14(15,16)11(18)19/h5-7H,1-4H3,(H,17,20)(H,18,19). The Labute approximate surface area is 126 Å². The van der Waals surface area contributed by atoms with Gasteiger partial charge in [0, 0.05) is 5.69 Å². The Morgan fingerprint density at radius 3 is 2.27 bits per heavy atom. The van der Waals surface area contributed by atoms with Gasteiger partial charge in [-0.25, -0.2) is 9.59 Å². The van der Waals surface area contributed by atoms with Gasteiger partial charge >= 0.3 is 18.0 Å². The first-order valence-electron chi connectivity index (χ1n) is 6.27. The number of nitrogens with one attached hydrogen (secondary N) is 1. The van der Waals surface area contributed by atoms with Gasteiger partial charge in [0.25, 0.3) is 0 Å². The van der Waals surface area contributed by atoms with E-state index in [0.717, 1.165) is 19.2 Å². The first-order chi connectivity index (χ1) is 9.97. The van der Waals surface area contributed by atoms with Crippen LogP contribution in [0.1, 0.15) is 26.3 Å². The summed E-state index contributed by atoms with van der Waals surface area (Å²) in [7, 11) is 1.14. The Kier molecular flexibility index (Phi) is 4.95. The number of hydrogen-bond acceptors (Lipinski definition) is 4. The van der Waals surface area contributed by atoms with E-state index in [-0.39, 0.29) is 11.4 Å². The number of ether oxygens (including phenoxy) is 2. The fourth-order valence-corrected chi connectivity index (χ4v) is 1.57. The third kappa shape index (κ3) is 4.31. The van der Waals surface area contributed by atoms with Crippen LogP contribution in [0.15, 0.2) is 18.2 Å². The molecular formula is C14H17F2NO5. The van der Waals surface area contributed by atoms with Crippen molar-refractivity contribution in [1.29, 1.82) is 0 Å². The van der Waals surface area contributed by atoms with Crippen molar-refractivity contribution in [2.75, 3.05) is 12.4 Å². The van der Waals surface area contributed by atoms with E-state index in [9.17, 15) is 18.4 Å². The molecule has 0 aliphatic carbocycles. The second-order valence-corrected chi connectivity index (χ2v) is 5.42. The van der Waals surface area contributed by atoms with Crippen LogP contribution < -0.4 is 10.1 Å². The molecule has 0 aromatic heterocycles. The van der Waals surface area contributed by atoms with Gasteiger partial charge in [-0.1, -0.05) is 0 Å². The first-order valence-corrected chi connectivity index (χ1v) is 6.27. The number of hydrogen-bond donors (Lipinski definition) is 2. The van der Waals surface area contributed by atoms with Crippen molar-refractivity contribution in [2.24, 2.45) is 0 Å². The number of carbonyl (C=O) groups is 2. The van der Waals surface area contributed by atoms with E-state index in [4.69, 9.17) is 14.6 Å². The smallest absolute Gasteiger partial charge is 0.412 e. The van der Waals surface area contributed by atoms with E-state index in [1.54, 1.807) is 20.8 Å². The maximum absolute atomic E-state index is 13.7. The van der Waals surface area contributed by atoms with Gasteiger partial charge in [-0.3, -0.25) is 5.32 Å². The van der Waals surface area contributed by atoms with E-state index < -0.39 is 29.1 Å². The second kappa shape index (κ2) is 6.17. The zero-order valence-corrected chi connectivity index (χ0v) is 12.6. The topological polar surface area (TPSA) is 84.9 Å². The molecule has 22 heavy (non-hydrogen) atoms. The lowest BCUT2D eigenvalue weighted by Gasteiger charge is -2.20. The minimum absolute atomic E-state index is 0.0361. The van der Waals surface area contributed by atoms with Crippen LogP contribution in [-0.2, 0) is 15.5 Å². The quantitative estimate of drug-likeness (QED) is 0.890. The number of halogens is 2. The molecule has 8 heteroatoms. The number of rotatable bonds is 4. The summed E-state index contributed by atoms with van der Waals surface area (Å²) in [4.78, 5) is 22.3. The van der Waals surface area contributed by atoms with Crippen LogP contribution in [0.5, 0.6) is 5.75 Å². The van der Waals surface area contributed by atoms with Gasteiger partial charge in [0.2, 0.25) is 0 Å². The van der Waals surface area contributed by atoms with Crippen molar-refractivity contribution in [3.05, 3.63) is 23.8 Å². The summed E-state index contributed by atoms with van der Waals surface area (Å²) < 4.78 is 37.1. The zero-order chi connectivity index (χ0) is 17.1. The van der Waals surface area contributed by atoms with Crippen LogP contribution in [0.3, 0.4) is 0 Å². The van der Waals surface area contributed by atoms with Crippen LogP contribution in [0, 0.1) is 0 Å². The first kappa shape index (κ1) is 17.7. The van der Waals surface area contributed by atoms with E-state index in [2.05, 4.69) is 5.32 Å². The van der Waals surface area contributed by atoms with Crippen LogP contribution in [0.4, 0.5) is 19.3 Å². The van der Waals surface area contributed by atoms with Gasteiger partial charge in [0.15, 0.2) is 0 Å². The highest BCUT2D eigenvalue weighted by molar-refractivity contribution is 5.86. The van der Waals surface area contributed by atoms with Gasteiger partial charge < -0.3 is 14.6 Å². The molecule has 0 radical (unpaired) electrons. The third-order valence-corrected chi connectivity index (χ3v) is 2.45. The molecule has 0 unspecified atom stereocenters. The lowest BCUT2D eigenvalue weighted by atomic mass is 10.1. The molecule has 0 aliphatic rings. The molecule has 2 N–H and O–H groups in total. The predicted molar refractivity (Wildman–Crippen MR) is 74.4 cm³/mol. The summed E-state index contributed by atoms with van der Waals surface area (Å²) in [6.45, 7) is 4.93. The van der Waals surface area contributed by atoms with Gasteiger partial charge in [0.05, 0.1) is 12.7 Å². The molecule has 0 bridgehead atoms. The number of carboxylic acid groups (broad SMARTS) is 1. The Bertz CT molecular complexity index is 581. The molecule has 0 saturated heterocycles. The summed E-state index contributed by atoms with van der Waals surface area (Å²) in [6.07, 6.45) is -0.845. The third-order valence-electron chi connectivity index (χ3n) is 2.45. The average molecular weight is 317 g/mol. The minimum Gasteiger partial charge on any atom is -0.496 e.